The molecule has 156 valence electrons. The molecule has 2 heterocycles. The lowest BCUT2D eigenvalue weighted by Crippen LogP contribution is -2.18. The van der Waals surface area contributed by atoms with Gasteiger partial charge in [-0.3, -0.25) is 9.59 Å². The van der Waals surface area contributed by atoms with Crippen molar-refractivity contribution in [3.8, 4) is 11.3 Å². The van der Waals surface area contributed by atoms with Crippen LogP contribution in [-0.2, 0) is 12.8 Å². The van der Waals surface area contributed by atoms with Crippen LogP contribution in [0.25, 0.3) is 11.3 Å². The minimum absolute atomic E-state index is 0.212. The molecule has 6 nitrogen and oxygen atoms in total. The molecular formula is C21H19Cl2N3O3S. The standard InChI is InChI=1S/C21H19Cl2N3O3S/c1-10-15(18(26-29-10)17-12(22)7-5-8-13(17)23)20(28)25-21-16(19(24)27)11-6-3-2-4-9-14(11)30-21/h5,7-8H,2-4,6,9H2,1H3,(H2,24,27)(H,25,28). The van der Waals surface area contributed by atoms with Crippen molar-refractivity contribution < 1.29 is 14.1 Å². The van der Waals surface area contributed by atoms with Crippen LogP contribution >= 0.6 is 34.5 Å². The van der Waals surface area contributed by atoms with Crippen LogP contribution in [0.2, 0.25) is 10.0 Å². The zero-order valence-corrected chi connectivity index (χ0v) is 18.5. The topological polar surface area (TPSA) is 98.2 Å². The van der Waals surface area contributed by atoms with Crippen molar-refractivity contribution in [2.75, 3.05) is 5.32 Å². The van der Waals surface area contributed by atoms with Crippen LogP contribution in [0, 0.1) is 6.92 Å². The average Bonchev–Trinajstić information content (AvgIpc) is 3.13. The second kappa shape index (κ2) is 8.41. The van der Waals surface area contributed by atoms with Gasteiger partial charge in [-0.25, -0.2) is 0 Å². The molecule has 0 saturated carbocycles. The number of nitrogens with one attached hydrogen (secondary N) is 1. The van der Waals surface area contributed by atoms with Gasteiger partial charge in [0.1, 0.15) is 22.0 Å². The van der Waals surface area contributed by atoms with Crippen LogP contribution in [0.15, 0.2) is 22.7 Å². The van der Waals surface area contributed by atoms with Crippen molar-refractivity contribution in [3.05, 3.63) is 55.6 Å². The Balaban J connectivity index is 1.75. The summed E-state index contributed by atoms with van der Waals surface area (Å²) in [5.41, 5.74) is 7.90. The van der Waals surface area contributed by atoms with Crippen LogP contribution in [0.5, 0.6) is 0 Å². The number of rotatable bonds is 4. The van der Waals surface area contributed by atoms with E-state index in [0.29, 0.717) is 31.9 Å². The Morgan fingerprint density at radius 1 is 1.13 bits per heavy atom. The number of amides is 2. The second-order valence-electron chi connectivity index (χ2n) is 7.15. The molecule has 1 aliphatic rings. The van der Waals surface area contributed by atoms with Gasteiger partial charge >= 0.3 is 0 Å². The van der Waals surface area contributed by atoms with Crippen molar-refractivity contribution in [1.29, 1.82) is 0 Å². The van der Waals surface area contributed by atoms with E-state index < -0.39 is 11.8 Å². The molecule has 2 aromatic heterocycles. The van der Waals surface area contributed by atoms with Crippen LogP contribution in [-0.4, -0.2) is 17.0 Å². The highest BCUT2D eigenvalue weighted by atomic mass is 35.5. The number of halogens is 2. The second-order valence-corrected chi connectivity index (χ2v) is 9.07. The van der Waals surface area contributed by atoms with Crippen LogP contribution in [0.4, 0.5) is 5.00 Å². The number of hydrogen-bond donors (Lipinski definition) is 2. The van der Waals surface area contributed by atoms with Gasteiger partial charge in [0, 0.05) is 10.4 Å². The predicted octanol–water partition coefficient (Wildman–Crippen LogP) is 5.64. The van der Waals surface area contributed by atoms with Gasteiger partial charge in [0.25, 0.3) is 11.8 Å². The summed E-state index contributed by atoms with van der Waals surface area (Å²) in [6.07, 6.45) is 4.83. The van der Waals surface area contributed by atoms with Gasteiger partial charge in [-0.05, 0) is 50.3 Å². The van der Waals surface area contributed by atoms with E-state index in [1.807, 2.05) is 0 Å². The number of nitrogens with two attached hydrogens (primary N) is 1. The zero-order chi connectivity index (χ0) is 21.4. The monoisotopic (exact) mass is 463 g/mol. The Labute approximate surface area is 187 Å². The first-order chi connectivity index (χ1) is 14.4. The van der Waals surface area contributed by atoms with E-state index in [1.165, 1.54) is 11.3 Å². The number of benzene rings is 1. The van der Waals surface area contributed by atoms with Crippen molar-refractivity contribution in [2.45, 2.75) is 39.0 Å². The third-order valence-electron chi connectivity index (χ3n) is 5.18. The summed E-state index contributed by atoms with van der Waals surface area (Å²) in [5.74, 6) is -0.683. The Kier molecular flexibility index (Phi) is 5.86. The minimum Gasteiger partial charge on any atom is -0.365 e. The molecule has 0 atom stereocenters. The third kappa shape index (κ3) is 3.73. The number of carbonyl (C=O) groups is 2. The Morgan fingerprint density at radius 2 is 1.83 bits per heavy atom. The quantitative estimate of drug-likeness (QED) is 0.489. The SMILES string of the molecule is Cc1onc(-c2c(Cl)cccc2Cl)c1C(=O)Nc1sc2c(c1C(N)=O)CCCCC2. The van der Waals surface area contributed by atoms with Crippen molar-refractivity contribution in [1.82, 2.24) is 5.16 Å². The smallest absolute Gasteiger partial charge is 0.262 e. The molecular weight excluding hydrogens is 445 g/mol. The van der Waals surface area contributed by atoms with Gasteiger partial charge < -0.3 is 15.6 Å². The average molecular weight is 464 g/mol. The number of aromatic nitrogens is 1. The summed E-state index contributed by atoms with van der Waals surface area (Å²) >= 11 is 14.0. The molecule has 0 aliphatic heterocycles. The number of primary amides is 1. The number of anilines is 1. The predicted molar refractivity (Wildman–Crippen MR) is 119 cm³/mol. The fourth-order valence-electron chi connectivity index (χ4n) is 3.79. The molecule has 0 saturated heterocycles. The Morgan fingerprint density at radius 3 is 2.53 bits per heavy atom. The van der Waals surface area contributed by atoms with E-state index in [1.54, 1.807) is 25.1 Å². The van der Waals surface area contributed by atoms with Gasteiger partial charge in [-0.2, -0.15) is 0 Å². The van der Waals surface area contributed by atoms with Gasteiger partial charge in [-0.15, -0.1) is 11.3 Å². The number of thiophene rings is 1. The fourth-order valence-corrected chi connectivity index (χ4v) is 5.66. The first-order valence-electron chi connectivity index (χ1n) is 9.54. The van der Waals surface area contributed by atoms with Crippen molar-refractivity contribution in [3.63, 3.8) is 0 Å². The summed E-state index contributed by atoms with van der Waals surface area (Å²) in [6, 6.07) is 5.03. The molecule has 1 aromatic carbocycles. The molecule has 0 bridgehead atoms. The minimum atomic E-state index is -0.541. The van der Waals surface area contributed by atoms with E-state index in [0.717, 1.165) is 42.5 Å². The van der Waals surface area contributed by atoms with Gasteiger partial charge in [0.15, 0.2) is 0 Å². The normalized spacial score (nSPS) is 13.6. The first-order valence-corrected chi connectivity index (χ1v) is 11.1. The molecule has 4 rings (SSSR count). The van der Waals surface area contributed by atoms with Crippen molar-refractivity contribution >= 4 is 51.4 Å². The fraction of sp³-hybridized carbons (Fsp3) is 0.286. The van der Waals surface area contributed by atoms with E-state index in [2.05, 4.69) is 10.5 Å². The number of nitrogens with zero attached hydrogens (tertiary/aromatic N) is 1. The van der Waals surface area contributed by atoms with E-state index in [-0.39, 0.29) is 11.3 Å². The number of carbonyl (C=O) groups excluding carboxylic acids is 2. The molecule has 1 aliphatic carbocycles. The molecule has 3 aromatic rings. The Hall–Kier alpha value is -2.35. The maximum atomic E-state index is 13.2. The van der Waals surface area contributed by atoms with E-state index in [9.17, 15) is 9.59 Å². The maximum Gasteiger partial charge on any atom is 0.262 e. The third-order valence-corrected chi connectivity index (χ3v) is 7.02. The lowest BCUT2D eigenvalue weighted by atomic mass is 10.0. The molecule has 0 spiro atoms. The molecule has 2 amide bonds. The van der Waals surface area contributed by atoms with Gasteiger partial charge in [0.2, 0.25) is 0 Å². The van der Waals surface area contributed by atoms with Crippen LogP contribution < -0.4 is 11.1 Å². The zero-order valence-electron chi connectivity index (χ0n) is 16.2. The lowest BCUT2D eigenvalue weighted by molar-refractivity contribution is 0.100. The van der Waals surface area contributed by atoms with Gasteiger partial charge in [0.05, 0.1) is 15.6 Å². The highest BCUT2D eigenvalue weighted by Crippen LogP contribution is 2.39. The summed E-state index contributed by atoms with van der Waals surface area (Å²) in [5, 5.41) is 8.03. The lowest BCUT2D eigenvalue weighted by Gasteiger charge is -2.08. The van der Waals surface area contributed by atoms with E-state index in [4.69, 9.17) is 33.5 Å². The first kappa shape index (κ1) is 20.9. The Bertz CT molecular complexity index is 1130. The molecule has 9 heteroatoms. The maximum absolute atomic E-state index is 13.2. The summed E-state index contributed by atoms with van der Waals surface area (Å²) in [4.78, 5) is 26.5. The van der Waals surface area contributed by atoms with Crippen LogP contribution in [0.1, 0.15) is 56.2 Å². The molecule has 0 radical (unpaired) electrons. The molecule has 0 unspecified atom stereocenters. The van der Waals surface area contributed by atoms with Crippen LogP contribution in [0.3, 0.4) is 0 Å². The summed E-state index contributed by atoms with van der Waals surface area (Å²) in [6.45, 7) is 1.63. The largest absolute Gasteiger partial charge is 0.365 e. The molecule has 30 heavy (non-hydrogen) atoms. The van der Waals surface area contributed by atoms with Gasteiger partial charge in [-0.1, -0.05) is 40.8 Å². The number of aryl methyl sites for hydroxylation is 2. The number of fused-ring (bicyclic) bond motifs is 1. The van der Waals surface area contributed by atoms with E-state index >= 15 is 0 Å². The highest BCUT2D eigenvalue weighted by molar-refractivity contribution is 7.17. The summed E-state index contributed by atoms with van der Waals surface area (Å²) < 4.78 is 5.28. The van der Waals surface area contributed by atoms with Crippen molar-refractivity contribution in [2.24, 2.45) is 5.73 Å². The highest BCUT2D eigenvalue weighted by Gasteiger charge is 2.28. The number of hydrogen-bond acceptors (Lipinski definition) is 5. The molecule has 3 N–H and O–H groups in total. The molecule has 0 fully saturated rings. The summed E-state index contributed by atoms with van der Waals surface area (Å²) in [7, 11) is 0.